The number of hydrogen-bond acceptors (Lipinski definition) is 4. The molecule has 0 amide bonds. The standard InChI is InChI=1S/C50H31N5/c1-2-13-31(14-3-1)55-45-24-11-10-23-44(45)51-50(55)49-53-47(30-25-26-38-34-17-5-4-15-32(34)33-16-6-9-20-37(33)43(38)29-30)52-48(54-49)42-28-27-41-36-19-8-7-18-35(36)39-21-12-22-40(42)46(39)41/h2,4-29H,1,3H2. The SMILES string of the molecule is C1=CC(n2c(-c3nc(-c4ccc5c6ccccc6c6ccccc6c5c4)nc(-c4ccc5c6c(cccc46)-c4ccccc4-5)n3)nc3ccccc32)=CCC1. The van der Waals surface area contributed by atoms with Crippen molar-refractivity contribution in [2.45, 2.75) is 12.8 Å². The number of allylic oxidation sites excluding steroid dienone is 4. The average Bonchev–Trinajstić information content (AvgIpc) is 3.81. The second kappa shape index (κ2) is 11.6. The van der Waals surface area contributed by atoms with Gasteiger partial charge in [-0.15, -0.1) is 0 Å². The highest BCUT2D eigenvalue weighted by Crippen LogP contribution is 2.49. The Morgan fingerprint density at radius 1 is 0.418 bits per heavy atom. The fourth-order valence-electron chi connectivity index (χ4n) is 8.98. The quantitative estimate of drug-likeness (QED) is 0.171. The third-order valence-electron chi connectivity index (χ3n) is 11.4. The lowest BCUT2D eigenvalue weighted by Gasteiger charge is -2.15. The van der Waals surface area contributed by atoms with Crippen molar-refractivity contribution in [2.24, 2.45) is 0 Å². The molecule has 5 nitrogen and oxygen atoms in total. The van der Waals surface area contributed by atoms with Crippen molar-refractivity contribution in [1.82, 2.24) is 24.5 Å². The zero-order chi connectivity index (χ0) is 36.0. The average molecular weight is 702 g/mol. The minimum atomic E-state index is 0.533. The molecule has 8 aromatic carbocycles. The van der Waals surface area contributed by atoms with Gasteiger partial charge in [0.05, 0.1) is 11.0 Å². The summed E-state index contributed by atoms with van der Waals surface area (Å²) in [6, 6.07) is 51.9. The number of para-hydroxylation sites is 2. The van der Waals surface area contributed by atoms with Gasteiger partial charge in [0, 0.05) is 16.8 Å². The van der Waals surface area contributed by atoms with E-state index in [1.165, 1.54) is 60.0 Å². The van der Waals surface area contributed by atoms with Gasteiger partial charge in [0.15, 0.2) is 23.3 Å². The van der Waals surface area contributed by atoms with Crippen LogP contribution in [0.1, 0.15) is 12.8 Å². The van der Waals surface area contributed by atoms with Crippen LogP contribution in [0, 0.1) is 0 Å². The number of hydrogen-bond donors (Lipinski definition) is 0. The first-order chi connectivity index (χ1) is 27.3. The Labute approximate surface area is 316 Å². The van der Waals surface area contributed by atoms with E-state index in [9.17, 15) is 0 Å². The van der Waals surface area contributed by atoms with Gasteiger partial charge in [0.1, 0.15) is 0 Å². The Kier molecular flexibility index (Phi) is 6.39. The molecule has 2 aliphatic carbocycles. The first-order valence-electron chi connectivity index (χ1n) is 18.9. The topological polar surface area (TPSA) is 56.5 Å². The number of imidazole rings is 1. The number of nitrogens with zero attached hydrogens (tertiary/aromatic N) is 5. The van der Waals surface area contributed by atoms with Crippen LogP contribution in [0.5, 0.6) is 0 Å². The molecule has 0 saturated carbocycles. The maximum atomic E-state index is 5.34. The van der Waals surface area contributed by atoms with Crippen molar-refractivity contribution >= 4 is 59.8 Å². The van der Waals surface area contributed by atoms with Gasteiger partial charge in [-0.2, -0.15) is 0 Å². The Bertz CT molecular complexity index is 3270. The Morgan fingerprint density at radius 3 is 1.78 bits per heavy atom. The van der Waals surface area contributed by atoms with Gasteiger partial charge in [-0.1, -0.05) is 133 Å². The Morgan fingerprint density at radius 2 is 1.02 bits per heavy atom. The second-order valence-corrected chi connectivity index (χ2v) is 14.5. The van der Waals surface area contributed by atoms with Crippen LogP contribution in [-0.4, -0.2) is 24.5 Å². The monoisotopic (exact) mass is 701 g/mol. The van der Waals surface area contributed by atoms with Crippen molar-refractivity contribution in [3.05, 3.63) is 164 Å². The molecular formula is C50H31N5. The summed E-state index contributed by atoms with van der Waals surface area (Å²) in [5.74, 6) is 2.46. The Hall–Kier alpha value is -7.24. The molecule has 0 fully saturated rings. The van der Waals surface area contributed by atoms with E-state index in [2.05, 4.69) is 162 Å². The first-order valence-corrected chi connectivity index (χ1v) is 18.9. The molecule has 0 bridgehead atoms. The molecule has 12 rings (SSSR count). The number of aromatic nitrogens is 5. The van der Waals surface area contributed by atoms with Crippen LogP contribution in [0.2, 0.25) is 0 Å². The van der Waals surface area contributed by atoms with Crippen LogP contribution in [0.25, 0.3) is 116 Å². The van der Waals surface area contributed by atoms with Crippen molar-refractivity contribution in [3.8, 4) is 56.7 Å². The summed E-state index contributed by atoms with van der Waals surface area (Å²) in [7, 11) is 0. The molecule has 0 spiro atoms. The minimum absolute atomic E-state index is 0.533. The molecule has 0 radical (unpaired) electrons. The third kappa shape index (κ3) is 4.47. The van der Waals surface area contributed by atoms with Gasteiger partial charge in [-0.3, -0.25) is 4.57 Å². The molecule has 2 heterocycles. The number of fused-ring (bicyclic) bond motifs is 10. The van der Waals surface area contributed by atoms with Crippen molar-refractivity contribution in [2.75, 3.05) is 0 Å². The summed E-state index contributed by atoms with van der Waals surface area (Å²) >= 11 is 0. The number of rotatable bonds is 4. The smallest absolute Gasteiger partial charge is 0.200 e. The lowest BCUT2D eigenvalue weighted by Crippen LogP contribution is -2.06. The molecule has 55 heavy (non-hydrogen) atoms. The largest absolute Gasteiger partial charge is 0.290 e. The van der Waals surface area contributed by atoms with Crippen LogP contribution in [-0.2, 0) is 0 Å². The molecular weight excluding hydrogens is 671 g/mol. The van der Waals surface area contributed by atoms with Gasteiger partial charge in [0.2, 0.25) is 0 Å². The van der Waals surface area contributed by atoms with E-state index in [4.69, 9.17) is 19.9 Å². The lowest BCUT2D eigenvalue weighted by atomic mass is 9.93. The van der Waals surface area contributed by atoms with Crippen LogP contribution >= 0.6 is 0 Å². The van der Waals surface area contributed by atoms with Gasteiger partial charge < -0.3 is 0 Å². The van der Waals surface area contributed by atoms with E-state index >= 15 is 0 Å². The molecule has 0 aliphatic heterocycles. The number of benzene rings is 8. The molecule has 0 saturated heterocycles. The van der Waals surface area contributed by atoms with Gasteiger partial charge in [-0.25, -0.2) is 19.9 Å². The van der Waals surface area contributed by atoms with Gasteiger partial charge in [-0.05, 0) is 109 Å². The zero-order valence-electron chi connectivity index (χ0n) is 29.7. The summed E-state index contributed by atoms with van der Waals surface area (Å²) in [6.45, 7) is 0. The fraction of sp³-hybridized carbons (Fsp3) is 0.0400. The molecule has 0 unspecified atom stereocenters. The van der Waals surface area contributed by atoms with Crippen LogP contribution in [0.15, 0.2) is 164 Å². The highest BCUT2D eigenvalue weighted by atomic mass is 15.2. The molecule has 5 heteroatoms. The normalized spacial score (nSPS) is 13.3. The second-order valence-electron chi connectivity index (χ2n) is 14.5. The Balaban J connectivity index is 1.15. The van der Waals surface area contributed by atoms with Gasteiger partial charge >= 0.3 is 0 Å². The highest BCUT2D eigenvalue weighted by Gasteiger charge is 2.25. The van der Waals surface area contributed by atoms with Crippen molar-refractivity contribution in [1.29, 1.82) is 0 Å². The van der Waals surface area contributed by atoms with E-state index in [1.807, 2.05) is 6.07 Å². The summed E-state index contributed by atoms with van der Waals surface area (Å²) in [5, 5.41) is 9.66. The van der Waals surface area contributed by atoms with Crippen molar-refractivity contribution < 1.29 is 0 Å². The first kappa shape index (κ1) is 30.2. The summed E-state index contributed by atoms with van der Waals surface area (Å²) in [5.41, 5.74) is 9.89. The molecule has 2 aliphatic rings. The van der Waals surface area contributed by atoms with E-state index in [-0.39, 0.29) is 0 Å². The van der Waals surface area contributed by atoms with E-state index in [0.717, 1.165) is 46.1 Å². The predicted molar refractivity (Wildman–Crippen MR) is 227 cm³/mol. The van der Waals surface area contributed by atoms with Crippen LogP contribution in [0.3, 0.4) is 0 Å². The van der Waals surface area contributed by atoms with E-state index in [1.54, 1.807) is 0 Å². The minimum Gasteiger partial charge on any atom is -0.290 e. The fourth-order valence-corrected chi connectivity index (χ4v) is 8.98. The zero-order valence-corrected chi connectivity index (χ0v) is 29.7. The summed E-state index contributed by atoms with van der Waals surface area (Å²) < 4.78 is 2.21. The molecule has 0 atom stereocenters. The molecule has 2 aromatic heterocycles. The summed E-state index contributed by atoms with van der Waals surface area (Å²) in [4.78, 5) is 21.2. The lowest BCUT2D eigenvalue weighted by molar-refractivity contribution is 0.990. The summed E-state index contributed by atoms with van der Waals surface area (Å²) in [6.07, 6.45) is 8.68. The van der Waals surface area contributed by atoms with Crippen molar-refractivity contribution in [3.63, 3.8) is 0 Å². The van der Waals surface area contributed by atoms with Crippen LogP contribution in [0.4, 0.5) is 0 Å². The predicted octanol–water partition coefficient (Wildman–Crippen LogP) is 12.7. The highest BCUT2D eigenvalue weighted by molar-refractivity contribution is 6.25. The molecule has 10 aromatic rings. The maximum Gasteiger partial charge on any atom is 0.200 e. The molecule has 256 valence electrons. The maximum absolute atomic E-state index is 5.34. The third-order valence-corrected chi connectivity index (χ3v) is 11.4. The van der Waals surface area contributed by atoms with Crippen LogP contribution < -0.4 is 0 Å². The van der Waals surface area contributed by atoms with Gasteiger partial charge in [0.25, 0.3) is 0 Å². The van der Waals surface area contributed by atoms with E-state index < -0.39 is 0 Å². The van der Waals surface area contributed by atoms with E-state index in [0.29, 0.717) is 23.3 Å². The molecule has 0 N–H and O–H groups in total.